The summed E-state index contributed by atoms with van der Waals surface area (Å²) >= 11 is 0. The fraction of sp³-hybridized carbons (Fsp3) is 0.500. The molecule has 1 fully saturated rings. The summed E-state index contributed by atoms with van der Waals surface area (Å²) in [5, 5.41) is 25.4. The van der Waals surface area contributed by atoms with Crippen LogP contribution in [0.3, 0.4) is 0 Å². The normalized spacial score (nSPS) is 16.0. The van der Waals surface area contributed by atoms with E-state index in [9.17, 15) is 24.8 Å². The Hall–Kier alpha value is -2.56. The molecule has 10 nitrogen and oxygen atoms in total. The Bertz CT molecular complexity index is 647. The number of aliphatic carboxylic acids is 1. The van der Waals surface area contributed by atoms with Gasteiger partial charge < -0.3 is 20.5 Å². The number of ether oxygens (including phenoxy) is 1. The maximum absolute atomic E-state index is 12.1. The lowest BCUT2D eigenvalue weighted by molar-refractivity contribution is -0.384. The van der Waals surface area contributed by atoms with Gasteiger partial charge in [-0.25, -0.2) is 0 Å². The average molecular weight is 366 g/mol. The highest BCUT2D eigenvalue weighted by Gasteiger charge is 2.21. The minimum atomic E-state index is -1.12. The van der Waals surface area contributed by atoms with E-state index in [1.807, 2.05) is 0 Å². The van der Waals surface area contributed by atoms with E-state index < -0.39 is 22.8 Å². The number of rotatable bonds is 9. The molecule has 0 aromatic heterocycles. The first-order chi connectivity index (χ1) is 12.5. The van der Waals surface area contributed by atoms with E-state index in [4.69, 9.17) is 4.74 Å². The van der Waals surface area contributed by atoms with Crippen LogP contribution >= 0.6 is 0 Å². The molecule has 1 atom stereocenters. The van der Waals surface area contributed by atoms with E-state index in [1.54, 1.807) is 0 Å². The minimum Gasteiger partial charge on any atom is -0.480 e. The van der Waals surface area contributed by atoms with Gasteiger partial charge in [-0.1, -0.05) is 6.07 Å². The predicted molar refractivity (Wildman–Crippen MR) is 93.0 cm³/mol. The highest BCUT2D eigenvalue weighted by Crippen LogP contribution is 2.17. The van der Waals surface area contributed by atoms with Gasteiger partial charge in [0.05, 0.1) is 24.6 Å². The summed E-state index contributed by atoms with van der Waals surface area (Å²) in [6.07, 6.45) is -0.277. The highest BCUT2D eigenvalue weighted by molar-refractivity contribution is 5.94. The lowest BCUT2D eigenvalue weighted by Gasteiger charge is -2.27. The lowest BCUT2D eigenvalue weighted by Crippen LogP contribution is -2.45. The standard InChI is InChI=1S/C16H22N4O6/c21-15(18-12-2-1-3-13(10-12)20(24)25)11-14(16(22)23)17-4-5-19-6-8-26-9-7-19/h1-3,10,14,17H,4-9,11H2,(H,18,21)(H,22,23)/t14-/m0/s1. The SMILES string of the molecule is O=C(C[C@H](NCCN1CCOCC1)C(=O)O)Nc1cccc([N+](=O)[O-])c1. The molecule has 1 amide bonds. The topological polar surface area (TPSA) is 134 Å². The van der Waals surface area contributed by atoms with Crippen LogP contribution in [0.1, 0.15) is 6.42 Å². The van der Waals surface area contributed by atoms with Crippen molar-refractivity contribution in [1.82, 2.24) is 10.2 Å². The third-order valence-electron chi connectivity index (χ3n) is 3.95. The first-order valence-corrected chi connectivity index (χ1v) is 8.26. The van der Waals surface area contributed by atoms with E-state index in [0.717, 1.165) is 13.1 Å². The fourth-order valence-electron chi connectivity index (χ4n) is 2.56. The van der Waals surface area contributed by atoms with Gasteiger partial charge in [-0.2, -0.15) is 0 Å². The van der Waals surface area contributed by atoms with Gasteiger partial charge in [0.2, 0.25) is 5.91 Å². The Kier molecular flexibility index (Phi) is 7.45. The molecule has 1 saturated heterocycles. The van der Waals surface area contributed by atoms with Gasteiger partial charge in [0.1, 0.15) is 6.04 Å². The third kappa shape index (κ3) is 6.39. The van der Waals surface area contributed by atoms with Crippen LogP contribution in [0, 0.1) is 10.1 Å². The van der Waals surface area contributed by atoms with Gasteiger partial charge in [0, 0.05) is 44.0 Å². The van der Waals surface area contributed by atoms with E-state index >= 15 is 0 Å². The number of carbonyl (C=O) groups is 2. The van der Waals surface area contributed by atoms with Crippen molar-refractivity contribution in [3.63, 3.8) is 0 Å². The highest BCUT2D eigenvalue weighted by atomic mass is 16.6. The molecule has 0 radical (unpaired) electrons. The molecule has 2 rings (SSSR count). The number of morpholine rings is 1. The van der Waals surface area contributed by atoms with Gasteiger partial charge >= 0.3 is 5.97 Å². The van der Waals surface area contributed by atoms with Crippen LogP contribution in [0.15, 0.2) is 24.3 Å². The van der Waals surface area contributed by atoms with Crippen molar-refractivity contribution < 1.29 is 24.4 Å². The number of carboxylic acid groups (broad SMARTS) is 1. The number of hydrogen-bond donors (Lipinski definition) is 3. The molecule has 0 unspecified atom stereocenters. The number of nitrogens with one attached hydrogen (secondary N) is 2. The second-order valence-electron chi connectivity index (χ2n) is 5.86. The minimum absolute atomic E-state index is 0.152. The van der Waals surface area contributed by atoms with Crippen molar-refractivity contribution in [2.45, 2.75) is 12.5 Å². The second kappa shape index (κ2) is 9.80. The Morgan fingerprint density at radius 3 is 2.73 bits per heavy atom. The Balaban J connectivity index is 1.82. The molecule has 0 saturated carbocycles. The second-order valence-corrected chi connectivity index (χ2v) is 5.86. The van der Waals surface area contributed by atoms with Crippen molar-refractivity contribution in [3.8, 4) is 0 Å². The molecule has 0 bridgehead atoms. The lowest BCUT2D eigenvalue weighted by atomic mass is 10.2. The summed E-state index contributed by atoms with van der Waals surface area (Å²) in [4.78, 5) is 35.7. The summed E-state index contributed by atoms with van der Waals surface area (Å²) in [7, 11) is 0. The molecule has 1 aliphatic heterocycles. The van der Waals surface area contributed by atoms with Gasteiger partial charge in [0.15, 0.2) is 0 Å². The van der Waals surface area contributed by atoms with Crippen LogP contribution in [0.5, 0.6) is 0 Å². The summed E-state index contributed by atoms with van der Waals surface area (Å²) in [6, 6.07) is 4.45. The summed E-state index contributed by atoms with van der Waals surface area (Å²) < 4.78 is 5.25. The predicted octanol–water partition coefficient (Wildman–Crippen LogP) is 0.298. The fourth-order valence-corrected chi connectivity index (χ4v) is 2.56. The number of nitrogens with zero attached hydrogens (tertiary/aromatic N) is 2. The molecule has 142 valence electrons. The first-order valence-electron chi connectivity index (χ1n) is 8.26. The number of non-ortho nitro benzene ring substituents is 1. The quantitative estimate of drug-likeness (QED) is 0.420. The number of carbonyl (C=O) groups excluding carboxylic acids is 1. The molecule has 1 aromatic rings. The van der Waals surface area contributed by atoms with E-state index in [1.165, 1.54) is 24.3 Å². The number of benzene rings is 1. The van der Waals surface area contributed by atoms with Gasteiger partial charge in [0.25, 0.3) is 5.69 Å². The molecule has 10 heteroatoms. The maximum atomic E-state index is 12.1. The molecule has 1 aliphatic rings. The van der Waals surface area contributed by atoms with Crippen molar-refractivity contribution in [2.75, 3.05) is 44.7 Å². The molecule has 1 aromatic carbocycles. The van der Waals surface area contributed by atoms with Crippen LogP contribution < -0.4 is 10.6 Å². The zero-order valence-corrected chi connectivity index (χ0v) is 14.2. The van der Waals surface area contributed by atoms with Crippen LogP contribution in [0.4, 0.5) is 11.4 Å². The van der Waals surface area contributed by atoms with Gasteiger partial charge in [-0.15, -0.1) is 0 Å². The van der Waals surface area contributed by atoms with Gasteiger partial charge in [-0.3, -0.25) is 24.6 Å². The molecular weight excluding hydrogens is 344 g/mol. The van der Waals surface area contributed by atoms with Crippen LogP contribution in [-0.4, -0.2) is 72.2 Å². The monoisotopic (exact) mass is 366 g/mol. The third-order valence-corrected chi connectivity index (χ3v) is 3.95. The largest absolute Gasteiger partial charge is 0.480 e. The van der Waals surface area contributed by atoms with E-state index in [0.29, 0.717) is 26.3 Å². The molecule has 3 N–H and O–H groups in total. The summed E-state index contributed by atoms with van der Waals surface area (Å²) in [5.41, 5.74) is 0.0999. The average Bonchev–Trinajstić information content (AvgIpc) is 2.61. The Morgan fingerprint density at radius 1 is 1.35 bits per heavy atom. The van der Waals surface area contributed by atoms with E-state index in [2.05, 4.69) is 15.5 Å². The number of carboxylic acids is 1. The van der Waals surface area contributed by atoms with E-state index in [-0.39, 0.29) is 17.8 Å². The Labute approximate surface area is 150 Å². The zero-order chi connectivity index (χ0) is 18.9. The number of hydrogen-bond acceptors (Lipinski definition) is 7. The number of anilines is 1. The number of nitro benzene ring substituents is 1. The van der Waals surface area contributed by atoms with Crippen LogP contribution in [0.25, 0.3) is 0 Å². The molecule has 0 aliphatic carbocycles. The number of nitro groups is 1. The van der Waals surface area contributed by atoms with Crippen molar-refractivity contribution in [1.29, 1.82) is 0 Å². The first kappa shape index (κ1) is 19.8. The molecule has 0 spiro atoms. The summed E-state index contributed by atoms with van der Waals surface area (Å²) in [5.74, 6) is -1.65. The van der Waals surface area contributed by atoms with Crippen LogP contribution in [0.2, 0.25) is 0 Å². The van der Waals surface area contributed by atoms with Gasteiger partial charge in [-0.05, 0) is 6.07 Å². The Morgan fingerprint density at radius 2 is 2.08 bits per heavy atom. The van der Waals surface area contributed by atoms with Crippen molar-refractivity contribution in [2.24, 2.45) is 0 Å². The van der Waals surface area contributed by atoms with Crippen LogP contribution in [-0.2, 0) is 14.3 Å². The molecular formula is C16H22N4O6. The zero-order valence-electron chi connectivity index (χ0n) is 14.2. The molecule has 1 heterocycles. The smallest absolute Gasteiger partial charge is 0.321 e. The maximum Gasteiger partial charge on any atom is 0.321 e. The summed E-state index contributed by atoms with van der Waals surface area (Å²) in [6.45, 7) is 4.02. The number of amides is 1. The van der Waals surface area contributed by atoms with Crippen molar-refractivity contribution in [3.05, 3.63) is 34.4 Å². The molecule has 26 heavy (non-hydrogen) atoms. The van der Waals surface area contributed by atoms with Crippen molar-refractivity contribution >= 4 is 23.3 Å².